The molecule has 1 aromatic carbocycles. The van der Waals surface area contributed by atoms with Crippen LogP contribution >= 0.6 is 0 Å². The summed E-state index contributed by atoms with van der Waals surface area (Å²) in [5.41, 5.74) is 2.24. The van der Waals surface area contributed by atoms with Crippen molar-refractivity contribution in [3.05, 3.63) is 47.2 Å². The average Bonchev–Trinajstić information content (AvgIpc) is 2.67. The predicted octanol–water partition coefficient (Wildman–Crippen LogP) is 0.0448. The van der Waals surface area contributed by atoms with Crippen molar-refractivity contribution in [1.82, 2.24) is 15.5 Å². The number of nitrogens with one attached hydrogen (secondary N) is 2. The molecule has 20 heavy (non-hydrogen) atoms. The van der Waals surface area contributed by atoms with E-state index in [1.807, 2.05) is 30.3 Å². The van der Waals surface area contributed by atoms with Gasteiger partial charge in [-0.2, -0.15) is 0 Å². The molecule has 0 aliphatic carbocycles. The van der Waals surface area contributed by atoms with Crippen molar-refractivity contribution in [2.75, 3.05) is 26.2 Å². The molecule has 0 radical (unpaired) electrons. The molecule has 0 saturated carbocycles. The van der Waals surface area contributed by atoms with Gasteiger partial charge < -0.3 is 15.5 Å². The molecule has 0 saturated heterocycles. The summed E-state index contributed by atoms with van der Waals surface area (Å²) >= 11 is 0. The van der Waals surface area contributed by atoms with E-state index in [9.17, 15) is 9.59 Å². The summed E-state index contributed by atoms with van der Waals surface area (Å²) in [4.78, 5) is 25.9. The van der Waals surface area contributed by atoms with Crippen LogP contribution in [0.25, 0.3) is 0 Å². The quantitative estimate of drug-likeness (QED) is 0.816. The minimum atomic E-state index is -0.124. The Balaban J connectivity index is 1.67. The monoisotopic (exact) mass is 271 g/mol. The van der Waals surface area contributed by atoms with E-state index < -0.39 is 0 Å². The molecule has 104 valence electrons. The highest BCUT2D eigenvalue weighted by Crippen LogP contribution is 2.19. The molecule has 0 bridgehead atoms. The first-order valence-electron chi connectivity index (χ1n) is 6.84. The van der Waals surface area contributed by atoms with Crippen LogP contribution in [0.15, 0.2) is 41.6 Å². The Morgan fingerprint density at radius 2 is 1.80 bits per heavy atom. The van der Waals surface area contributed by atoms with Crippen molar-refractivity contribution in [3.63, 3.8) is 0 Å². The minimum Gasteiger partial charge on any atom is -0.378 e. The first-order valence-corrected chi connectivity index (χ1v) is 6.84. The van der Waals surface area contributed by atoms with Gasteiger partial charge in [-0.3, -0.25) is 9.59 Å². The second-order valence-corrected chi connectivity index (χ2v) is 5.00. The summed E-state index contributed by atoms with van der Waals surface area (Å²) < 4.78 is 0. The number of benzene rings is 1. The highest BCUT2D eigenvalue weighted by molar-refractivity contribution is 6.08. The van der Waals surface area contributed by atoms with Crippen LogP contribution < -0.4 is 10.6 Å². The lowest BCUT2D eigenvalue weighted by Gasteiger charge is -2.17. The maximum absolute atomic E-state index is 12.3. The number of hydrogen-bond acceptors (Lipinski definition) is 3. The van der Waals surface area contributed by atoms with Crippen LogP contribution in [0.1, 0.15) is 5.56 Å². The van der Waals surface area contributed by atoms with Gasteiger partial charge in [0, 0.05) is 19.6 Å². The molecule has 2 aliphatic rings. The van der Waals surface area contributed by atoms with Crippen molar-refractivity contribution in [2.45, 2.75) is 6.42 Å². The van der Waals surface area contributed by atoms with E-state index in [0.29, 0.717) is 37.4 Å². The third-order valence-electron chi connectivity index (χ3n) is 3.65. The van der Waals surface area contributed by atoms with E-state index in [0.717, 1.165) is 6.42 Å². The number of rotatable bonds is 3. The van der Waals surface area contributed by atoms with Gasteiger partial charge in [0.25, 0.3) is 11.8 Å². The lowest BCUT2D eigenvalue weighted by Crippen LogP contribution is -2.36. The maximum atomic E-state index is 12.3. The molecule has 2 N–H and O–H groups in total. The normalized spacial score (nSPS) is 18.5. The van der Waals surface area contributed by atoms with Gasteiger partial charge in [-0.05, 0) is 12.0 Å². The van der Waals surface area contributed by atoms with E-state index in [1.165, 1.54) is 5.56 Å². The molecule has 1 aromatic rings. The van der Waals surface area contributed by atoms with Crippen molar-refractivity contribution in [1.29, 1.82) is 0 Å². The lowest BCUT2D eigenvalue weighted by atomic mass is 10.1. The standard InChI is InChI=1S/C15H17N3O2/c19-14-12-10-18(9-6-11-4-2-1-3-5-11)15(20)13(12)16-7-8-17-14/h1-5,16H,6-10H2,(H,17,19). The largest absolute Gasteiger partial charge is 0.378 e. The summed E-state index contributed by atoms with van der Waals surface area (Å²) in [6, 6.07) is 10.0. The fourth-order valence-corrected chi connectivity index (χ4v) is 2.56. The van der Waals surface area contributed by atoms with E-state index in [2.05, 4.69) is 10.6 Å². The lowest BCUT2D eigenvalue weighted by molar-refractivity contribution is -0.125. The summed E-state index contributed by atoms with van der Waals surface area (Å²) in [7, 11) is 0. The molecule has 0 atom stereocenters. The molecular weight excluding hydrogens is 254 g/mol. The SMILES string of the molecule is O=C1NCCNC2=C1CN(CCc1ccccc1)C2=O. The summed E-state index contributed by atoms with van der Waals surface area (Å²) in [5, 5.41) is 5.85. The molecule has 3 rings (SSSR count). The van der Waals surface area contributed by atoms with Gasteiger partial charge in [-0.15, -0.1) is 0 Å². The zero-order chi connectivity index (χ0) is 13.9. The van der Waals surface area contributed by atoms with Gasteiger partial charge >= 0.3 is 0 Å². The molecule has 2 amide bonds. The van der Waals surface area contributed by atoms with Gasteiger partial charge in [-0.1, -0.05) is 30.3 Å². The van der Waals surface area contributed by atoms with Crippen molar-refractivity contribution in [2.24, 2.45) is 0 Å². The first-order chi connectivity index (χ1) is 9.75. The van der Waals surface area contributed by atoms with E-state index in [1.54, 1.807) is 4.90 Å². The van der Waals surface area contributed by atoms with Crippen molar-refractivity contribution < 1.29 is 9.59 Å². The molecule has 0 aromatic heterocycles. The Kier molecular flexibility index (Phi) is 3.41. The predicted molar refractivity (Wildman–Crippen MR) is 74.8 cm³/mol. The number of nitrogens with zero attached hydrogens (tertiary/aromatic N) is 1. The zero-order valence-corrected chi connectivity index (χ0v) is 11.2. The Morgan fingerprint density at radius 3 is 2.60 bits per heavy atom. The van der Waals surface area contributed by atoms with E-state index in [-0.39, 0.29) is 11.8 Å². The third kappa shape index (κ3) is 2.39. The van der Waals surface area contributed by atoms with Gasteiger partial charge in [0.05, 0.1) is 12.1 Å². The van der Waals surface area contributed by atoms with Crippen molar-refractivity contribution in [3.8, 4) is 0 Å². The fourth-order valence-electron chi connectivity index (χ4n) is 2.56. The van der Waals surface area contributed by atoms with Gasteiger partial charge in [0.1, 0.15) is 5.70 Å². The molecule has 2 aliphatic heterocycles. The Morgan fingerprint density at radius 1 is 1.05 bits per heavy atom. The summed E-state index contributed by atoms with van der Waals surface area (Å²) in [6.07, 6.45) is 0.800. The smallest absolute Gasteiger partial charge is 0.270 e. The van der Waals surface area contributed by atoms with Gasteiger partial charge in [-0.25, -0.2) is 0 Å². The Labute approximate surface area is 117 Å². The summed E-state index contributed by atoms with van der Waals surface area (Å²) in [5.74, 6) is -0.187. The molecule has 0 spiro atoms. The minimum absolute atomic E-state index is 0.0621. The Hall–Kier alpha value is -2.30. The number of carbonyl (C=O) groups is 2. The van der Waals surface area contributed by atoms with Crippen LogP contribution in [0.3, 0.4) is 0 Å². The third-order valence-corrected chi connectivity index (χ3v) is 3.65. The maximum Gasteiger partial charge on any atom is 0.270 e. The average molecular weight is 271 g/mol. The number of hydrogen-bond donors (Lipinski definition) is 2. The topological polar surface area (TPSA) is 61.4 Å². The van der Waals surface area contributed by atoms with Crippen LogP contribution in [-0.4, -0.2) is 42.9 Å². The molecule has 2 heterocycles. The second kappa shape index (κ2) is 5.36. The van der Waals surface area contributed by atoms with Crippen LogP contribution in [0.5, 0.6) is 0 Å². The van der Waals surface area contributed by atoms with E-state index in [4.69, 9.17) is 0 Å². The van der Waals surface area contributed by atoms with Crippen molar-refractivity contribution >= 4 is 11.8 Å². The number of amides is 2. The highest BCUT2D eigenvalue weighted by Gasteiger charge is 2.34. The summed E-state index contributed by atoms with van der Waals surface area (Å²) in [6.45, 7) is 2.19. The molecular formula is C15H17N3O2. The number of carbonyl (C=O) groups excluding carboxylic acids is 2. The Bertz CT molecular complexity index is 566. The van der Waals surface area contributed by atoms with Crippen LogP contribution in [0.4, 0.5) is 0 Å². The van der Waals surface area contributed by atoms with Crippen LogP contribution in [0, 0.1) is 0 Å². The fraction of sp³-hybridized carbons (Fsp3) is 0.333. The van der Waals surface area contributed by atoms with Gasteiger partial charge in [0.15, 0.2) is 0 Å². The second-order valence-electron chi connectivity index (χ2n) is 5.00. The van der Waals surface area contributed by atoms with Gasteiger partial charge in [0.2, 0.25) is 0 Å². The van der Waals surface area contributed by atoms with Crippen LogP contribution in [-0.2, 0) is 16.0 Å². The molecule has 0 fully saturated rings. The molecule has 0 unspecified atom stereocenters. The van der Waals surface area contributed by atoms with Crippen LogP contribution in [0.2, 0.25) is 0 Å². The highest BCUT2D eigenvalue weighted by atomic mass is 16.2. The van der Waals surface area contributed by atoms with E-state index >= 15 is 0 Å². The first kappa shape index (κ1) is 12.7. The molecule has 5 heteroatoms. The zero-order valence-electron chi connectivity index (χ0n) is 11.2. The molecule has 5 nitrogen and oxygen atoms in total.